The van der Waals surface area contributed by atoms with E-state index in [4.69, 9.17) is 0 Å². The van der Waals surface area contributed by atoms with E-state index in [1.54, 1.807) is 4.68 Å². The van der Waals surface area contributed by atoms with Crippen molar-refractivity contribution in [3.63, 3.8) is 0 Å². The average molecular weight is 466 g/mol. The summed E-state index contributed by atoms with van der Waals surface area (Å²) in [5.74, 6) is -0.581. The van der Waals surface area contributed by atoms with E-state index in [-0.39, 0.29) is 10.9 Å². The molecule has 1 N–H and O–H groups in total. The summed E-state index contributed by atoms with van der Waals surface area (Å²) in [5, 5.41) is 4.56. The van der Waals surface area contributed by atoms with Crippen molar-refractivity contribution in [2.45, 2.75) is 30.3 Å². The number of hydrogen-bond acceptors (Lipinski definition) is 5. The van der Waals surface area contributed by atoms with Crippen LogP contribution in [0.5, 0.6) is 5.75 Å². The van der Waals surface area contributed by atoms with Gasteiger partial charge in [0.05, 0.1) is 16.3 Å². The highest BCUT2D eigenvalue weighted by Crippen LogP contribution is 2.25. The van der Waals surface area contributed by atoms with Gasteiger partial charge in [-0.05, 0) is 36.8 Å². The first-order chi connectivity index (χ1) is 15.2. The minimum Gasteiger partial charge on any atom is -0.406 e. The summed E-state index contributed by atoms with van der Waals surface area (Å²) >= 11 is 0. The fourth-order valence-corrected chi connectivity index (χ4v) is 4.89. The van der Waals surface area contributed by atoms with Crippen molar-refractivity contribution in [3.05, 3.63) is 72.6 Å². The highest BCUT2D eigenvalue weighted by molar-refractivity contribution is 7.89. The Bertz CT molecular complexity index is 1170. The van der Waals surface area contributed by atoms with Gasteiger partial charge in [-0.2, -0.15) is 5.10 Å². The first kappa shape index (κ1) is 22.3. The summed E-state index contributed by atoms with van der Waals surface area (Å²) in [4.78, 5) is 1.80. The highest BCUT2D eigenvalue weighted by Gasteiger charge is 2.32. The van der Waals surface area contributed by atoms with Crippen molar-refractivity contribution < 1.29 is 26.3 Å². The number of sulfonamides is 1. The number of likely N-dealkylation sites (tertiary alicyclic amines) is 1. The van der Waals surface area contributed by atoms with Crippen LogP contribution in [0.1, 0.15) is 12.1 Å². The van der Waals surface area contributed by atoms with Crippen LogP contribution in [0.2, 0.25) is 0 Å². The molecule has 1 saturated heterocycles. The molecule has 2 heterocycles. The molecule has 0 aliphatic carbocycles. The van der Waals surface area contributed by atoms with Gasteiger partial charge in [0.1, 0.15) is 5.75 Å². The van der Waals surface area contributed by atoms with E-state index in [1.807, 2.05) is 42.6 Å². The van der Waals surface area contributed by atoms with E-state index in [0.29, 0.717) is 26.1 Å². The Morgan fingerprint density at radius 3 is 2.62 bits per heavy atom. The summed E-state index contributed by atoms with van der Waals surface area (Å²) in [5.41, 5.74) is 1.80. The normalized spacial score (nSPS) is 17.5. The molecule has 2 aromatic carbocycles. The molecule has 1 atom stereocenters. The lowest BCUT2D eigenvalue weighted by atomic mass is 10.3. The molecular weight excluding hydrogens is 445 g/mol. The maximum absolute atomic E-state index is 12.6. The summed E-state index contributed by atoms with van der Waals surface area (Å²) in [6, 6.07) is 15.6. The Balaban J connectivity index is 1.36. The van der Waals surface area contributed by atoms with Crippen molar-refractivity contribution in [3.8, 4) is 11.4 Å². The summed E-state index contributed by atoms with van der Waals surface area (Å²) in [6.45, 7) is 1.70. The lowest BCUT2D eigenvalue weighted by Crippen LogP contribution is -2.37. The molecule has 1 aliphatic rings. The predicted molar refractivity (Wildman–Crippen MR) is 111 cm³/mol. The Labute approximate surface area is 183 Å². The van der Waals surface area contributed by atoms with Gasteiger partial charge >= 0.3 is 6.36 Å². The predicted octanol–water partition coefficient (Wildman–Crippen LogP) is 3.32. The number of ether oxygens (including phenoxy) is 1. The fraction of sp³-hybridized carbons (Fsp3) is 0.286. The second-order valence-electron chi connectivity index (χ2n) is 7.45. The molecule has 0 saturated carbocycles. The Morgan fingerprint density at radius 2 is 1.88 bits per heavy atom. The van der Waals surface area contributed by atoms with Crippen molar-refractivity contribution in [1.29, 1.82) is 0 Å². The second-order valence-corrected chi connectivity index (χ2v) is 9.17. The topological polar surface area (TPSA) is 76.5 Å². The van der Waals surface area contributed by atoms with Crippen LogP contribution in [-0.2, 0) is 16.6 Å². The van der Waals surface area contributed by atoms with E-state index in [9.17, 15) is 21.6 Å². The Hall–Kier alpha value is -2.89. The number of aromatic nitrogens is 2. The first-order valence-electron chi connectivity index (χ1n) is 9.88. The van der Waals surface area contributed by atoms with Crippen LogP contribution in [0.3, 0.4) is 0 Å². The van der Waals surface area contributed by atoms with Gasteiger partial charge in [0.25, 0.3) is 0 Å². The molecule has 3 aromatic rings. The number of nitrogens with one attached hydrogen (secondary N) is 1. The largest absolute Gasteiger partial charge is 0.573 e. The van der Waals surface area contributed by atoms with Crippen molar-refractivity contribution >= 4 is 10.0 Å². The standard InChI is InChI=1S/C21H21F3N4O3S/c22-21(23,24)31-19-7-4-8-20(13-19)32(29,30)26-17-9-11-27(15-17)14-16-10-12-28(25-16)18-5-2-1-3-6-18/h1-8,10,12-13,17,26H,9,11,14-15H2/t17-/m1/s1. The zero-order valence-corrected chi connectivity index (χ0v) is 17.7. The van der Waals surface area contributed by atoms with Crippen LogP contribution in [0.15, 0.2) is 71.8 Å². The maximum Gasteiger partial charge on any atom is 0.573 e. The zero-order chi connectivity index (χ0) is 22.8. The summed E-state index contributed by atoms with van der Waals surface area (Å²) < 4.78 is 70.7. The number of nitrogens with zero attached hydrogens (tertiary/aromatic N) is 3. The molecule has 170 valence electrons. The van der Waals surface area contributed by atoms with Crippen LogP contribution in [-0.4, -0.2) is 48.6 Å². The molecular formula is C21H21F3N4O3S. The number of hydrogen-bond donors (Lipinski definition) is 1. The summed E-state index contributed by atoms with van der Waals surface area (Å²) in [7, 11) is -3.99. The molecule has 0 bridgehead atoms. The van der Waals surface area contributed by atoms with Crippen molar-refractivity contribution in [2.24, 2.45) is 0 Å². The van der Waals surface area contributed by atoms with Crippen LogP contribution in [0.25, 0.3) is 5.69 Å². The van der Waals surface area contributed by atoms with Crippen molar-refractivity contribution in [2.75, 3.05) is 13.1 Å². The molecule has 1 aromatic heterocycles. The van der Waals surface area contributed by atoms with E-state index in [0.717, 1.165) is 23.5 Å². The molecule has 1 fully saturated rings. The first-order valence-corrected chi connectivity index (χ1v) is 11.4. The molecule has 7 nitrogen and oxygen atoms in total. The quantitative estimate of drug-likeness (QED) is 0.578. The maximum atomic E-state index is 12.6. The van der Waals surface area contributed by atoms with Crippen LogP contribution >= 0.6 is 0 Å². The number of benzene rings is 2. The van der Waals surface area contributed by atoms with Crippen LogP contribution < -0.4 is 9.46 Å². The molecule has 4 rings (SSSR count). The van der Waals surface area contributed by atoms with Gasteiger partial charge in [-0.25, -0.2) is 17.8 Å². The molecule has 0 amide bonds. The smallest absolute Gasteiger partial charge is 0.406 e. The van der Waals surface area contributed by atoms with E-state index < -0.39 is 22.1 Å². The zero-order valence-electron chi connectivity index (χ0n) is 16.9. The van der Waals surface area contributed by atoms with Gasteiger partial charge < -0.3 is 4.74 Å². The van der Waals surface area contributed by atoms with Gasteiger partial charge in [-0.1, -0.05) is 24.3 Å². The van der Waals surface area contributed by atoms with Gasteiger partial charge in [0.15, 0.2) is 0 Å². The number of rotatable bonds is 7. The van der Waals surface area contributed by atoms with E-state index >= 15 is 0 Å². The minimum atomic E-state index is -4.89. The number of para-hydroxylation sites is 1. The molecule has 0 radical (unpaired) electrons. The molecule has 1 aliphatic heterocycles. The summed E-state index contributed by atoms with van der Waals surface area (Å²) in [6.07, 6.45) is -2.44. The SMILES string of the molecule is O=S(=O)(N[C@@H]1CCN(Cc2ccn(-c3ccccc3)n2)C1)c1cccc(OC(F)(F)F)c1. The van der Waals surface area contributed by atoms with E-state index in [2.05, 4.69) is 19.5 Å². The third-order valence-electron chi connectivity index (χ3n) is 4.99. The van der Waals surface area contributed by atoms with Gasteiger partial charge in [-0.15, -0.1) is 13.2 Å². The lowest BCUT2D eigenvalue weighted by Gasteiger charge is -2.16. The molecule has 0 spiro atoms. The van der Waals surface area contributed by atoms with Gasteiger partial charge in [-0.3, -0.25) is 4.90 Å². The van der Waals surface area contributed by atoms with E-state index in [1.165, 1.54) is 12.1 Å². The molecule has 32 heavy (non-hydrogen) atoms. The number of alkyl halides is 3. The second kappa shape index (κ2) is 8.93. The average Bonchev–Trinajstić information content (AvgIpc) is 3.37. The third-order valence-corrected chi connectivity index (χ3v) is 6.51. The Morgan fingerprint density at radius 1 is 1.09 bits per heavy atom. The van der Waals surface area contributed by atoms with Crippen LogP contribution in [0.4, 0.5) is 13.2 Å². The fourth-order valence-electron chi connectivity index (χ4n) is 3.60. The number of halogens is 3. The Kier molecular flexibility index (Phi) is 6.22. The molecule has 0 unspecified atom stereocenters. The van der Waals surface area contributed by atoms with Gasteiger partial charge in [0, 0.05) is 37.9 Å². The third kappa shape index (κ3) is 5.67. The lowest BCUT2D eigenvalue weighted by molar-refractivity contribution is -0.274. The van der Waals surface area contributed by atoms with Crippen molar-refractivity contribution in [1.82, 2.24) is 19.4 Å². The monoisotopic (exact) mass is 466 g/mol. The minimum absolute atomic E-state index is 0.278. The highest BCUT2D eigenvalue weighted by atomic mass is 32.2. The van der Waals surface area contributed by atoms with Crippen LogP contribution in [0, 0.1) is 0 Å². The molecule has 11 heteroatoms. The van der Waals surface area contributed by atoms with Gasteiger partial charge in [0.2, 0.25) is 10.0 Å².